The van der Waals surface area contributed by atoms with Gasteiger partial charge in [0.05, 0.1) is 5.41 Å². The molecule has 2 amide bonds. The third-order valence-corrected chi connectivity index (χ3v) is 7.91. The maximum Gasteiger partial charge on any atom is 0.246 e. The molecule has 5 heteroatoms. The predicted octanol–water partition coefficient (Wildman–Crippen LogP) is 4.24. The van der Waals surface area contributed by atoms with Crippen LogP contribution in [0.3, 0.4) is 0 Å². The van der Waals surface area contributed by atoms with Crippen LogP contribution in [0.25, 0.3) is 6.08 Å². The topological polar surface area (TPSA) is 40.6 Å². The number of nitrogens with zero attached hydrogens (tertiary/aromatic N) is 2. The van der Waals surface area contributed by atoms with Crippen molar-refractivity contribution in [3.8, 4) is 0 Å². The van der Waals surface area contributed by atoms with Gasteiger partial charge >= 0.3 is 0 Å². The Morgan fingerprint density at radius 2 is 1.38 bits per heavy atom. The molecule has 0 N–H and O–H groups in total. The van der Waals surface area contributed by atoms with Gasteiger partial charge in [-0.2, -0.15) is 0 Å². The van der Waals surface area contributed by atoms with E-state index >= 15 is 0 Å². The molecule has 1 aromatic rings. The molecular weight excluding hydrogens is 384 g/mol. The molecule has 0 spiro atoms. The summed E-state index contributed by atoms with van der Waals surface area (Å²) in [6.07, 6.45) is 10.9. The molecule has 4 nitrogen and oxygen atoms in total. The van der Waals surface area contributed by atoms with Gasteiger partial charge in [0.2, 0.25) is 11.8 Å². The van der Waals surface area contributed by atoms with Crippen LogP contribution in [0.5, 0.6) is 0 Å². The molecule has 5 aliphatic rings. The Morgan fingerprint density at radius 1 is 0.862 bits per heavy atom. The molecule has 0 aromatic heterocycles. The van der Waals surface area contributed by atoms with Crippen molar-refractivity contribution < 1.29 is 9.59 Å². The van der Waals surface area contributed by atoms with Crippen molar-refractivity contribution in [2.24, 2.45) is 23.2 Å². The first-order chi connectivity index (χ1) is 14.0. The van der Waals surface area contributed by atoms with Gasteiger partial charge in [-0.15, -0.1) is 0 Å². The second-order valence-electron chi connectivity index (χ2n) is 9.70. The second kappa shape index (κ2) is 7.46. The van der Waals surface area contributed by atoms with Crippen LogP contribution >= 0.6 is 11.6 Å². The predicted molar refractivity (Wildman–Crippen MR) is 114 cm³/mol. The molecule has 4 bridgehead atoms. The maximum absolute atomic E-state index is 13.5. The monoisotopic (exact) mass is 412 g/mol. The van der Waals surface area contributed by atoms with Gasteiger partial charge in [0.15, 0.2) is 0 Å². The summed E-state index contributed by atoms with van der Waals surface area (Å²) >= 11 is 5.90. The number of carbonyl (C=O) groups is 2. The molecule has 1 saturated heterocycles. The van der Waals surface area contributed by atoms with Crippen molar-refractivity contribution in [2.45, 2.75) is 38.5 Å². The Labute approximate surface area is 177 Å². The SMILES string of the molecule is O=C(/C=C/c1ccc(Cl)cc1)N1CCN(C(=O)C23CC4CC(CC(C4)C2)C3)CC1. The smallest absolute Gasteiger partial charge is 0.246 e. The number of hydrogen-bond donors (Lipinski definition) is 0. The van der Waals surface area contributed by atoms with Gasteiger partial charge in [0.25, 0.3) is 0 Å². The summed E-state index contributed by atoms with van der Waals surface area (Å²) in [5.74, 6) is 2.76. The fourth-order valence-electron chi connectivity index (χ4n) is 6.68. The van der Waals surface area contributed by atoms with Crippen LogP contribution in [0.15, 0.2) is 30.3 Å². The Kier molecular flexibility index (Phi) is 4.93. The van der Waals surface area contributed by atoms with Crippen LogP contribution in [-0.2, 0) is 9.59 Å². The average molecular weight is 413 g/mol. The third-order valence-electron chi connectivity index (χ3n) is 7.66. The lowest BCUT2D eigenvalue weighted by molar-refractivity contribution is -0.160. The van der Waals surface area contributed by atoms with E-state index in [1.165, 1.54) is 19.3 Å². The van der Waals surface area contributed by atoms with Crippen LogP contribution in [-0.4, -0.2) is 47.8 Å². The fraction of sp³-hybridized carbons (Fsp3) is 0.583. The molecule has 4 aliphatic carbocycles. The number of amides is 2. The minimum atomic E-state index is -0.0740. The van der Waals surface area contributed by atoms with Gasteiger partial charge in [-0.3, -0.25) is 9.59 Å². The number of carbonyl (C=O) groups excluding carboxylic acids is 2. The average Bonchev–Trinajstić information content (AvgIpc) is 2.72. The highest BCUT2D eigenvalue weighted by Gasteiger charge is 2.55. The van der Waals surface area contributed by atoms with E-state index < -0.39 is 0 Å². The lowest BCUT2D eigenvalue weighted by Gasteiger charge is -2.57. The van der Waals surface area contributed by atoms with Gasteiger partial charge < -0.3 is 9.80 Å². The van der Waals surface area contributed by atoms with E-state index in [1.807, 2.05) is 35.2 Å². The van der Waals surface area contributed by atoms with Crippen LogP contribution in [0.1, 0.15) is 44.1 Å². The molecular formula is C24H29ClN2O2. The summed E-state index contributed by atoms with van der Waals surface area (Å²) in [6.45, 7) is 2.59. The molecule has 5 fully saturated rings. The third kappa shape index (κ3) is 3.72. The lowest BCUT2D eigenvalue weighted by Crippen LogP contribution is -2.58. The summed E-state index contributed by atoms with van der Waals surface area (Å²) < 4.78 is 0. The first-order valence-electron chi connectivity index (χ1n) is 11.0. The van der Waals surface area contributed by atoms with Gasteiger partial charge in [-0.1, -0.05) is 23.7 Å². The number of piperazine rings is 1. The van der Waals surface area contributed by atoms with Crippen LogP contribution in [0.2, 0.25) is 5.02 Å². The van der Waals surface area contributed by atoms with E-state index in [2.05, 4.69) is 4.90 Å². The molecule has 1 aromatic carbocycles. The van der Waals surface area contributed by atoms with Crippen LogP contribution in [0.4, 0.5) is 0 Å². The fourth-order valence-corrected chi connectivity index (χ4v) is 6.81. The van der Waals surface area contributed by atoms with E-state index in [9.17, 15) is 9.59 Å². The van der Waals surface area contributed by atoms with Crippen molar-refractivity contribution >= 4 is 29.5 Å². The minimum absolute atomic E-state index is 0.0156. The van der Waals surface area contributed by atoms with E-state index in [1.54, 1.807) is 6.08 Å². The molecule has 29 heavy (non-hydrogen) atoms. The van der Waals surface area contributed by atoms with Crippen molar-refractivity contribution in [3.63, 3.8) is 0 Å². The molecule has 0 radical (unpaired) electrons. The Bertz CT molecular complexity index is 789. The van der Waals surface area contributed by atoms with E-state index in [0.29, 0.717) is 37.1 Å². The zero-order chi connectivity index (χ0) is 20.0. The van der Waals surface area contributed by atoms with Crippen molar-refractivity contribution in [1.82, 2.24) is 9.80 Å². The van der Waals surface area contributed by atoms with Gasteiger partial charge in [0.1, 0.15) is 0 Å². The van der Waals surface area contributed by atoms with Crippen molar-refractivity contribution in [3.05, 3.63) is 40.9 Å². The normalized spacial score (nSPS) is 33.5. The molecule has 0 unspecified atom stereocenters. The molecule has 1 aliphatic heterocycles. The second-order valence-corrected chi connectivity index (χ2v) is 10.1. The quantitative estimate of drug-likeness (QED) is 0.696. The lowest BCUT2D eigenvalue weighted by atomic mass is 9.49. The van der Waals surface area contributed by atoms with Gasteiger partial charge in [-0.05, 0) is 80.1 Å². The highest BCUT2D eigenvalue weighted by Crippen LogP contribution is 2.60. The molecule has 1 heterocycles. The number of rotatable bonds is 3. The van der Waals surface area contributed by atoms with E-state index in [-0.39, 0.29) is 11.3 Å². The van der Waals surface area contributed by atoms with Crippen molar-refractivity contribution in [2.75, 3.05) is 26.2 Å². The minimum Gasteiger partial charge on any atom is -0.339 e. The largest absolute Gasteiger partial charge is 0.339 e. The maximum atomic E-state index is 13.5. The highest BCUT2D eigenvalue weighted by molar-refractivity contribution is 6.30. The Balaban J connectivity index is 1.18. The number of hydrogen-bond acceptors (Lipinski definition) is 2. The highest BCUT2D eigenvalue weighted by atomic mass is 35.5. The van der Waals surface area contributed by atoms with Crippen molar-refractivity contribution in [1.29, 1.82) is 0 Å². The first-order valence-corrected chi connectivity index (χ1v) is 11.4. The molecule has 0 atom stereocenters. The summed E-state index contributed by atoms with van der Waals surface area (Å²) in [5, 5.41) is 0.688. The van der Waals surface area contributed by atoms with Crippen LogP contribution < -0.4 is 0 Å². The van der Waals surface area contributed by atoms with Gasteiger partial charge in [-0.25, -0.2) is 0 Å². The van der Waals surface area contributed by atoms with E-state index in [0.717, 1.165) is 42.6 Å². The molecule has 4 saturated carbocycles. The number of benzene rings is 1. The van der Waals surface area contributed by atoms with E-state index in [4.69, 9.17) is 11.6 Å². The number of halogens is 1. The summed E-state index contributed by atoms with van der Waals surface area (Å²) in [7, 11) is 0. The van der Waals surface area contributed by atoms with Gasteiger partial charge in [0, 0.05) is 37.3 Å². The Morgan fingerprint density at radius 3 is 1.93 bits per heavy atom. The summed E-state index contributed by atoms with van der Waals surface area (Å²) in [6, 6.07) is 7.43. The first kappa shape index (κ1) is 19.2. The molecule has 154 valence electrons. The summed E-state index contributed by atoms with van der Waals surface area (Å²) in [4.78, 5) is 29.9. The molecule has 6 rings (SSSR count). The standard InChI is InChI=1S/C24H29ClN2O2/c25-21-4-1-17(2-5-21)3-6-22(28)26-7-9-27(10-8-26)23(29)24-14-18-11-19(15-24)13-20(12-18)16-24/h1-6,18-20H,7-16H2/b6-3+. The Hall–Kier alpha value is -1.81. The zero-order valence-electron chi connectivity index (χ0n) is 16.9. The van der Waals surface area contributed by atoms with Crippen LogP contribution in [0, 0.1) is 23.2 Å². The zero-order valence-corrected chi connectivity index (χ0v) is 17.6. The summed E-state index contributed by atoms with van der Waals surface area (Å²) in [5.41, 5.74) is 0.883.